The van der Waals surface area contributed by atoms with Gasteiger partial charge in [-0.25, -0.2) is 19.3 Å². The lowest BCUT2D eigenvalue weighted by Gasteiger charge is -2.12. The van der Waals surface area contributed by atoms with Gasteiger partial charge in [-0.1, -0.05) is 11.6 Å². The molecule has 154 valence electrons. The molecule has 0 fully saturated rings. The molecule has 5 aromatic heterocycles. The van der Waals surface area contributed by atoms with Gasteiger partial charge in [-0.3, -0.25) is 0 Å². The van der Waals surface area contributed by atoms with E-state index in [1.54, 1.807) is 10.6 Å². The molecule has 0 bridgehead atoms. The second-order valence-electron chi connectivity index (χ2n) is 6.54. The SMILES string of the molecule is Cc1cc2c(-c3ncco3)c(NC(=O)Nc3cnc(-n4nccn4)c(Cl)c3)cnn2c1. The summed E-state index contributed by atoms with van der Waals surface area (Å²) in [5.41, 5.74) is 3.19. The summed E-state index contributed by atoms with van der Waals surface area (Å²) in [6.07, 6.45) is 10.9. The normalized spacial score (nSPS) is 11.0. The maximum absolute atomic E-state index is 12.7. The van der Waals surface area contributed by atoms with Gasteiger partial charge in [-0.05, 0) is 24.6 Å². The first-order valence-corrected chi connectivity index (χ1v) is 9.44. The van der Waals surface area contributed by atoms with Crippen LogP contribution in [0.1, 0.15) is 5.56 Å². The average Bonchev–Trinajstić information content (AvgIpc) is 3.49. The fraction of sp³-hybridized carbons (Fsp3) is 0.0526. The van der Waals surface area contributed by atoms with Gasteiger partial charge in [0.1, 0.15) is 6.26 Å². The molecule has 0 saturated heterocycles. The van der Waals surface area contributed by atoms with Crippen molar-refractivity contribution in [3.63, 3.8) is 0 Å². The Kier molecular flexibility index (Phi) is 4.56. The lowest BCUT2D eigenvalue weighted by molar-refractivity contribution is 0.262. The molecular formula is C19H14ClN9O2. The number of nitrogens with zero attached hydrogens (tertiary/aromatic N) is 7. The summed E-state index contributed by atoms with van der Waals surface area (Å²) in [5, 5.41) is 18.1. The number of aromatic nitrogens is 7. The number of aryl methyl sites for hydroxylation is 1. The summed E-state index contributed by atoms with van der Waals surface area (Å²) >= 11 is 6.26. The summed E-state index contributed by atoms with van der Waals surface area (Å²) < 4.78 is 7.17. The molecule has 0 aliphatic heterocycles. The fourth-order valence-corrected chi connectivity index (χ4v) is 3.35. The van der Waals surface area contributed by atoms with Gasteiger partial charge in [-0.15, -0.1) is 4.80 Å². The Morgan fingerprint density at radius 3 is 2.65 bits per heavy atom. The highest BCUT2D eigenvalue weighted by Gasteiger charge is 2.18. The molecule has 0 unspecified atom stereocenters. The van der Waals surface area contributed by atoms with Crippen LogP contribution in [0, 0.1) is 6.92 Å². The van der Waals surface area contributed by atoms with E-state index in [4.69, 9.17) is 16.0 Å². The number of carbonyl (C=O) groups is 1. The molecule has 31 heavy (non-hydrogen) atoms. The van der Waals surface area contributed by atoms with Gasteiger partial charge in [0.15, 0.2) is 5.82 Å². The molecule has 5 aromatic rings. The van der Waals surface area contributed by atoms with Gasteiger partial charge in [-0.2, -0.15) is 15.3 Å². The van der Waals surface area contributed by atoms with Crippen LogP contribution in [0.3, 0.4) is 0 Å². The number of fused-ring (bicyclic) bond motifs is 1. The van der Waals surface area contributed by atoms with E-state index >= 15 is 0 Å². The molecule has 12 heteroatoms. The van der Waals surface area contributed by atoms with Crippen LogP contribution in [0.5, 0.6) is 0 Å². The molecule has 0 radical (unpaired) electrons. The van der Waals surface area contributed by atoms with Gasteiger partial charge in [0.2, 0.25) is 5.89 Å². The van der Waals surface area contributed by atoms with Gasteiger partial charge in [0, 0.05) is 6.20 Å². The lowest BCUT2D eigenvalue weighted by Crippen LogP contribution is -2.20. The Morgan fingerprint density at radius 1 is 1.06 bits per heavy atom. The van der Waals surface area contributed by atoms with E-state index in [9.17, 15) is 4.79 Å². The summed E-state index contributed by atoms with van der Waals surface area (Å²) in [4.78, 5) is 22.4. The summed E-state index contributed by atoms with van der Waals surface area (Å²) in [6.45, 7) is 1.95. The lowest BCUT2D eigenvalue weighted by atomic mass is 10.2. The second-order valence-corrected chi connectivity index (χ2v) is 6.95. The third-order valence-corrected chi connectivity index (χ3v) is 4.63. The van der Waals surface area contributed by atoms with E-state index in [1.165, 1.54) is 42.0 Å². The van der Waals surface area contributed by atoms with Crippen molar-refractivity contribution in [3.05, 3.63) is 66.2 Å². The van der Waals surface area contributed by atoms with E-state index in [-0.39, 0.29) is 5.02 Å². The maximum Gasteiger partial charge on any atom is 0.323 e. The zero-order chi connectivity index (χ0) is 21.4. The molecule has 0 aliphatic carbocycles. The van der Waals surface area contributed by atoms with Crippen LogP contribution >= 0.6 is 11.6 Å². The number of rotatable bonds is 4. The highest BCUT2D eigenvalue weighted by Crippen LogP contribution is 2.31. The highest BCUT2D eigenvalue weighted by molar-refractivity contribution is 6.32. The minimum atomic E-state index is -0.509. The maximum atomic E-state index is 12.7. The first-order chi connectivity index (χ1) is 15.1. The summed E-state index contributed by atoms with van der Waals surface area (Å²) in [7, 11) is 0. The van der Waals surface area contributed by atoms with Crippen molar-refractivity contribution in [3.8, 4) is 17.3 Å². The van der Waals surface area contributed by atoms with Crippen molar-refractivity contribution < 1.29 is 9.21 Å². The minimum Gasteiger partial charge on any atom is -0.444 e. The molecule has 0 aliphatic rings. The number of hydrogen-bond donors (Lipinski definition) is 2. The van der Waals surface area contributed by atoms with Crippen molar-refractivity contribution in [2.45, 2.75) is 6.92 Å². The van der Waals surface area contributed by atoms with Crippen LogP contribution in [0.25, 0.3) is 22.8 Å². The van der Waals surface area contributed by atoms with Crippen LogP contribution < -0.4 is 10.6 Å². The Labute approximate surface area is 179 Å². The van der Waals surface area contributed by atoms with Crippen molar-refractivity contribution in [2.75, 3.05) is 10.6 Å². The van der Waals surface area contributed by atoms with Crippen LogP contribution in [-0.2, 0) is 0 Å². The molecule has 0 aromatic carbocycles. The molecular weight excluding hydrogens is 422 g/mol. The Hall–Kier alpha value is -4.25. The summed E-state index contributed by atoms with van der Waals surface area (Å²) in [6, 6.07) is 2.98. The van der Waals surface area contributed by atoms with E-state index in [1.807, 2.05) is 19.2 Å². The molecule has 5 rings (SSSR count). The Bertz CT molecular complexity index is 1380. The number of carbonyl (C=O) groups excluding carboxylic acids is 1. The smallest absolute Gasteiger partial charge is 0.323 e. The van der Waals surface area contributed by atoms with E-state index in [0.717, 1.165) is 11.1 Å². The van der Waals surface area contributed by atoms with Crippen molar-refractivity contribution in [2.24, 2.45) is 0 Å². The minimum absolute atomic E-state index is 0.279. The zero-order valence-corrected chi connectivity index (χ0v) is 16.8. The number of anilines is 2. The van der Waals surface area contributed by atoms with Gasteiger partial charge in [0.05, 0.1) is 58.5 Å². The van der Waals surface area contributed by atoms with E-state index in [2.05, 4.69) is 35.9 Å². The fourth-order valence-electron chi connectivity index (χ4n) is 3.11. The van der Waals surface area contributed by atoms with Gasteiger partial charge < -0.3 is 15.1 Å². The van der Waals surface area contributed by atoms with Crippen LogP contribution in [0.4, 0.5) is 16.2 Å². The molecule has 0 atom stereocenters. The summed E-state index contributed by atoms with van der Waals surface area (Å²) in [5.74, 6) is 0.712. The number of amides is 2. The largest absolute Gasteiger partial charge is 0.444 e. The predicted molar refractivity (Wildman–Crippen MR) is 112 cm³/mol. The first-order valence-electron chi connectivity index (χ1n) is 9.06. The van der Waals surface area contributed by atoms with Gasteiger partial charge in [0.25, 0.3) is 0 Å². The van der Waals surface area contributed by atoms with Crippen molar-refractivity contribution in [1.29, 1.82) is 0 Å². The zero-order valence-electron chi connectivity index (χ0n) is 16.0. The highest BCUT2D eigenvalue weighted by atomic mass is 35.5. The molecule has 2 N–H and O–H groups in total. The van der Waals surface area contributed by atoms with Crippen LogP contribution in [-0.4, -0.2) is 40.6 Å². The van der Waals surface area contributed by atoms with Crippen LogP contribution in [0.2, 0.25) is 5.02 Å². The Balaban J connectivity index is 1.42. The van der Waals surface area contributed by atoms with Crippen LogP contribution in [0.15, 0.2) is 60.0 Å². The van der Waals surface area contributed by atoms with E-state index in [0.29, 0.717) is 28.6 Å². The monoisotopic (exact) mass is 435 g/mol. The quantitative estimate of drug-likeness (QED) is 0.441. The molecule has 11 nitrogen and oxygen atoms in total. The predicted octanol–water partition coefficient (Wildman–Crippen LogP) is 3.57. The standard InChI is InChI=1S/C19H14ClN9O2/c1-11-6-15-16(18-21-4-5-31-18)14(9-25-28(15)10-11)27-19(30)26-12-7-13(20)17(22-8-12)29-23-2-3-24-29/h2-10H,1H3,(H2,26,27,30). The first kappa shape index (κ1) is 18.8. The number of nitrogens with one attached hydrogen (secondary N) is 2. The molecule has 2 amide bonds. The number of hydrogen-bond acceptors (Lipinski definition) is 7. The number of urea groups is 1. The molecule has 0 spiro atoms. The van der Waals surface area contributed by atoms with Gasteiger partial charge >= 0.3 is 6.03 Å². The number of halogens is 1. The topological polar surface area (TPSA) is 128 Å². The Morgan fingerprint density at radius 2 is 1.90 bits per heavy atom. The third-order valence-electron chi connectivity index (χ3n) is 4.36. The van der Waals surface area contributed by atoms with Crippen molar-refractivity contribution >= 4 is 34.5 Å². The second kappa shape index (κ2) is 7.54. The number of pyridine rings is 1. The van der Waals surface area contributed by atoms with Crippen molar-refractivity contribution in [1.82, 2.24) is 34.6 Å². The third kappa shape index (κ3) is 3.57. The number of oxazole rings is 1. The molecule has 0 saturated carbocycles. The molecule has 5 heterocycles. The average molecular weight is 436 g/mol. The van der Waals surface area contributed by atoms with E-state index < -0.39 is 6.03 Å².